The Morgan fingerprint density at radius 3 is 2.80 bits per heavy atom. The standard InChI is InChI=1S/C9H15N3O2S/c1-4-5-15-9-10-6(2)8(12(13)14)7(3)11-9/h6H,4-5H2,1-3H3,(H,10,11). The van der Waals surface area contributed by atoms with Crippen molar-refractivity contribution < 1.29 is 4.92 Å². The molecule has 6 heteroatoms. The summed E-state index contributed by atoms with van der Waals surface area (Å²) in [4.78, 5) is 14.6. The average Bonchev–Trinajstić information content (AvgIpc) is 2.12. The molecule has 0 fully saturated rings. The van der Waals surface area contributed by atoms with Crippen molar-refractivity contribution in [3.63, 3.8) is 0 Å². The molecule has 0 aliphatic carbocycles. The van der Waals surface area contributed by atoms with Gasteiger partial charge in [-0.25, -0.2) is 4.99 Å². The lowest BCUT2D eigenvalue weighted by Crippen LogP contribution is -2.31. The van der Waals surface area contributed by atoms with Gasteiger partial charge in [0, 0.05) is 5.75 Å². The van der Waals surface area contributed by atoms with Crippen LogP contribution in [0.5, 0.6) is 0 Å². The Labute approximate surface area is 93.2 Å². The van der Waals surface area contributed by atoms with Gasteiger partial charge in [0.05, 0.1) is 10.6 Å². The highest BCUT2D eigenvalue weighted by Crippen LogP contribution is 2.19. The number of amidine groups is 1. The zero-order valence-corrected chi connectivity index (χ0v) is 9.93. The molecule has 84 valence electrons. The molecule has 0 spiro atoms. The van der Waals surface area contributed by atoms with Crippen molar-refractivity contribution in [2.45, 2.75) is 33.2 Å². The van der Waals surface area contributed by atoms with E-state index in [1.807, 2.05) is 0 Å². The number of nitrogens with one attached hydrogen (secondary N) is 1. The van der Waals surface area contributed by atoms with E-state index in [1.54, 1.807) is 25.6 Å². The van der Waals surface area contributed by atoms with Crippen LogP contribution in [0.15, 0.2) is 16.4 Å². The van der Waals surface area contributed by atoms with Gasteiger partial charge in [0.25, 0.3) is 5.70 Å². The molecule has 0 saturated carbocycles. The molecule has 1 aliphatic heterocycles. The molecule has 0 aromatic carbocycles. The van der Waals surface area contributed by atoms with Crippen LogP contribution in [0.25, 0.3) is 0 Å². The van der Waals surface area contributed by atoms with Gasteiger partial charge in [0.1, 0.15) is 6.04 Å². The summed E-state index contributed by atoms with van der Waals surface area (Å²) in [6, 6.07) is -0.361. The van der Waals surface area contributed by atoms with E-state index < -0.39 is 0 Å². The van der Waals surface area contributed by atoms with E-state index >= 15 is 0 Å². The topological polar surface area (TPSA) is 67.5 Å². The number of aliphatic imine (C=N–C) groups is 1. The number of nitro groups is 1. The van der Waals surface area contributed by atoms with Gasteiger partial charge in [-0.1, -0.05) is 18.7 Å². The lowest BCUT2D eigenvalue weighted by molar-refractivity contribution is -0.430. The smallest absolute Gasteiger partial charge is 0.289 e. The first kappa shape index (κ1) is 12.0. The summed E-state index contributed by atoms with van der Waals surface area (Å²) < 4.78 is 0. The molecule has 0 bridgehead atoms. The largest absolute Gasteiger partial charge is 0.333 e. The van der Waals surface area contributed by atoms with Gasteiger partial charge < -0.3 is 5.32 Å². The normalized spacial score (nSPS) is 21.0. The molecule has 1 N–H and O–H groups in total. The molecule has 5 nitrogen and oxygen atoms in total. The number of hydrogen-bond acceptors (Lipinski definition) is 5. The summed E-state index contributed by atoms with van der Waals surface area (Å²) in [5.74, 6) is 0.972. The molecule has 1 heterocycles. The van der Waals surface area contributed by atoms with Crippen molar-refractivity contribution in [1.29, 1.82) is 0 Å². The lowest BCUT2D eigenvalue weighted by Gasteiger charge is -2.18. The van der Waals surface area contributed by atoms with E-state index in [4.69, 9.17) is 0 Å². The molecule has 0 aromatic rings. The maximum absolute atomic E-state index is 10.7. The van der Waals surface area contributed by atoms with Gasteiger partial charge in [0.15, 0.2) is 5.17 Å². The Morgan fingerprint density at radius 2 is 2.33 bits per heavy atom. The third-order valence-corrected chi connectivity index (χ3v) is 3.12. The highest BCUT2D eigenvalue weighted by Gasteiger charge is 2.28. The predicted molar refractivity (Wildman–Crippen MR) is 62.5 cm³/mol. The van der Waals surface area contributed by atoms with Crippen molar-refractivity contribution in [1.82, 2.24) is 5.32 Å². The van der Waals surface area contributed by atoms with Crippen LogP contribution in [-0.4, -0.2) is 21.9 Å². The molecule has 1 aliphatic rings. The highest BCUT2D eigenvalue weighted by molar-refractivity contribution is 8.13. The number of nitrogens with zero attached hydrogens (tertiary/aromatic N) is 2. The Morgan fingerprint density at radius 1 is 1.67 bits per heavy atom. The maximum Gasteiger partial charge on any atom is 0.289 e. The number of allylic oxidation sites excluding steroid dienone is 1. The van der Waals surface area contributed by atoms with Crippen LogP contribution in [0.1, 0.15) is 27.2 Å². The predicted octanol–water partition coefficient (Wildman–Crippen LogP) is 1.99. The number of rotatable bonds is 3. The fraction of sp³-hybridized carbons (Fsp3) is 0.667. The fourth-order valence-electron chi connectivity index (χ4n) is 1.37. The highest BCUT2D eigenvalue weighted by atomic mass is 32.2. The zero-order valence-electron chi connectivity index (χ0n) is 9.11. The third-order valence-electron chi connectivity index (χ3n) is 2.02. The number of thioether (sulfide) groups is 1. The van der Waals surface area contributed by atoms with Crippen LogP contribution < -0.4 is 5.32 Å². The molecule has 1 unspecified atom stereocenters. The Balaban J connectivity index is 2.74. The first-order valence-electron chi connectivity index (χ1n) is 4.89. The van der Waals surface area contributed by atoms with E-state index in [0.29, 0.717) is 5.70 Å². The Kier molecular flexibility index (Phi) is 4.14. The molecule has 0 radical (unpaired) electrons. The minimum Gasteiger partial charge on any atom is -0.333 e. The molecular formula is C9H15N3O2S. The molecular weight excluding hydrogens is 214 g/mol. The Hall–Kier alpha value is -1.04. The molecule has 0 saturated heterocycles. The summed E-state index contributed by atoms with van der Waals surface area (Å²) in [5.41, 5.74) is 0.761. The van der Waals surface area contributed by atoms with E-state index in [0.717, 1.165) is 17.3 Å². The van der Waals surface area contributed by atoms with Gasteiger partial charge in [-0.2, -0.15) is 0 Å². The van der Waals surface area contributed by atoms with Gasteiger partial charge in [-0.3, -0.25) is 10.1 Å². The average molecular weight is 229 g/mol. The van der Waals surface area contributed by atoms with Crippen LogP contribution in [0.2, 0.25) is 0 Å². The second-order valence-corrected chi connectivity index (χ2v) is 4.43. The second-order valence-electron chi connectivity index (χ2n) is 3.35. The van der Waals surface area contributed by atoms with Crippen molar-refractivity contribution in [3.8, 4) is 0 Å². The van der Waals surface area contributed by atoms with Crippen molar-refractivity contribution >= 4 is 16.9 Å². The molecule has 0 amide bonds. The van der Waals surface area contributed by atoms with E-state index in [2.05, 4.69) is 17.2 Å². The summed E-state index contributed by atoms with van der Waals surface area (Å²) in [5, 5.41) is 14.5. The van der Waals surface area contributed by atoms with Gasteiger partial charge >= 0.3 is 0 Å². The van der Waals surface area contributed by atoms with Crippen LogP contribution >= 0.6 is 11.8 Å². The van der Waals surface area contributed by atoms with Gasteiger partial charge in [0.2, 0.25) is 0 Å². The van der Waals surface area contributed by atoms with Gasteiger partial charge in [-0.05, 0) is 20.3 Å². The quantitative estimate of drug-likeness (QED) is 0.593. The van der Waals surface area contributed by atoms with Crippen molar-refractivity contribution in [2.24, 2.45) is 4.99 Å². The number of hydrogen-bond donors (Lipinski definition) is 1. The monoisotopic (exact) mass is 229 g/mol. The van der Waals surface area contributed by atoms with E-state index in [9.17, 15) is 10.1 Å². The molecule has 1 atom stereocenters. The summed E-state index contributed by atoms with van der Waals surface area (Å²) in [6.45, 7) is 5.55. The Bertz CT molecular complexity index is 325. The second kappa shape index (κ2) is 5.16. The molecule has 15 heavy (non-hydrogen) atoms. The first-order valence-corrected chi connectivity index (χ1v) is 5.87. The third kappa shape index (κ3) is 2.95. The SMILES string of the molecule is CCCSC1=NC(C)C([N+](=O)[O-])=C(C)N1. The van der Waals surface area contributed by atoms with Gasteiger partial charge in [-0.15, -0.1) is 0 Å². The summed E-state index contributed by atoms with van der Waals surface area (Å²) in [6.07, 6.45) is 1.06. The maximum atomic E-state index is 10.7. The van der Waals surface area contributed by atoms with Crippen LogP contribution in [0.3, 0.4) is 0 Å². The summed E-state index contributed by atoms with van der Waals surface area (Å²) in [7, 11) is 0. The lowest BCUT2D eigenvalue weighted by atomic mass is 10.2. The van der Waals surface area contributed by atoms with Crippen LogP contribution in [0.4, 0.5) is 0 Å². The van der Waals surface area contributed by atoms with Crippen LogP contribution in [-0.2, 0) is 0 Å². The van der Waals surface area contributed by atoms with E-state index in [1.165, 1.54) is 0 Å². The minimum absolute atomic E-state index is 0.163. The van der Waals surface area contributed by atoms with E-state index in [-0.39, 0.29) is 16.7 Å². The fourth-order valence-corrected chi connectivity index (χ4v) is 2.22. The zero-order chi connectivity index (χ0) is 11.4. The molecule has 0 aromatic heterocycles. The van der Waals surface area contributed by atoms with Crippen molar-refractivity contribution in [2.75, 3.05) is 5.75 Å². The molecule has 1 rings (SSSR count). The minimum atomic E-state index is -0.363. The summed E-state index contributed by atoms with van der Waals surface area (Å²) >= 11 is 1.60. The van der Waals surface area contributed by atoms with Crippen molar-refractivity contribution in [3.05, 3.63) is 21.5 Å². The first-order chi connectivity index (χ1) is 7.06. The van der Waals surface area contributed by atoms with Crippen LogP contribution in [0, 0.1) is 10.1 Å².